The first kappa shape index (κ1) is 22.4. The van der Waals surface area contributed by atoms with Gasteiger partial charge in [0.15, 0.2) is 0 Å². The third-order valence-corrected chi connectivity index (χ3v) is 3.60. The summed E-state index contributed by atoms with van der Waals surface area (Å²) in [5.74, 6) is -0.879. The van der Waals surface area contributed by atoms with Crippen LogP contribution in [0.25, 0.3) is 0 Å². The molecular weight excluding hydrogens is 356 g/mol. The van der Waals surface area contributed by atoms with E-state index < -0.39 is 11.9 Å². The van der Waals surface area contributed by atoms with E-state index in [-0.39, 0.29) is 0 Å². The van der Waals surface area contributed by atoms with Crippen LogP contribution in [0.3, 0.4) is 0 Å². The highest BCUT2D eigenvalue weighted by Crippen LogP contribution is 2.16. The van der Waals surface area contributed by atoms with Crippen molar-refractivity contribution in [2.45, 2.75) is 19.8 Å². The molecule has 0 radical (unpaired) electrons. The summed E-state index contributed by atoms with van der Waals surface area (Å²) in [5, 5.41) is 25.7. The first-order chi connectivity index (χ1) is 13.3. The van der Waals surface area contributed by atoms with Crippen molar-refractivity contribution in [2.75, 3.05) is 0 Å². The predicted octanol–water partition coefficient (Wildman–Crippen LogP) is 5.29. The van der Waals surface area contributed by atoms with Gasteiger partial charge < -0.3 is 15.3 Å². The van der Waals surface area contributed by atoms with E-state index in [0.717, 1.165) is 0 Å². The highest BCUT2D eigenvalue weighted by atomic mass is 16.4. The Hall–Kier alpha value is -3.60. The van der Waals surface area contributed by atoms with Crippen LogP contribution in [-0.4, -0.2) is 27.3 Å². The Morgan fingerprint density at radius 2 is 1.00 bits per heavy atom. The van der Waals surface area contributed by atoms with Gasteiger partial charge in [0.25, 0.3) is 0 Å². The van der Waals surface area contributed by atoms with Crippen LogP contribution in [0.5, 0.6) is 5.75 Å². The number of phenols is 1. The van der Waals surface area contributed by atoms with E-state index in [4.69, 9.17) is 15.3 Å². The summed E-state index contributed by atoms with van der Waals surface area (Å²) in [4.78, 5) is 20.4. The largest absolute Gasteiger partial charge is 0.508 e. The molecule has 0 aliphatic heterocycles. The molecule has 28 heavy (non-hydrogen) atoms. The smallest absolute Gasteiger partial charge is 0.335 e. The molecule has 0 saturated carbocycles. The first-order valence-corrected chi connectivity index (χ1v) is 8.67. The highest BCUT2D eigenvalue weighted by molar-refractivity contribution is 5.87. The summed E-state index contributed by atoms with van der Waals surface area (Å²) in [6.45, 7) is 4.26. The minimum atomic E-state index is -0.879. The van der Waals surface area contributed by atoms with Gasteiger partial charge >= 0.3 is 11.9 Å². The monoisotopic (exact) mass is 380 g/mol. The molecule has 146 valence electrons. The number of aromatic hydroxyl groups is 1. The Bertz CT molecular complexity index is 792. The van der Waals surface area contributed by atoms with Crippen molar-refractivity contribution in [1.29, 1.82) is 0 Å². The lowest BCUT2D eigenvalue weighted by atomic mass is 10.0. The van der Waals surface area contributed by atoms with Gasteiger partial charge in [-0.2, -0.15) is 0 Å². The van der Waals surface area contributed by atoms with Crippen LogP contribution < -0.4 is 0 Å². The summed E-state index contributed by atoms with van der Waals surface area (Å²) in [7, 11) is 0. The van der Waals surface area contributed by atoms with Crippen LogP contribution in [0.1, 0.15) is 46.0 Å². The molecule has 0 aliphatic carbocycles. The number of rotatable bonds is 3. The number of benzene rings is 3. The zero-order valence-electron chi connectivity index (χ0n) is 15.8. The number of carboxylic acids is 2. The maximum absolute atomic E-state index is 10.2. The molecule has 0 heterocycles. The molecule has 0 saturated heterocycles. The van der Waals surface area contributed by atoms with Crippen molar-refractivity contribution in [3.05, 3.63) is 102 Å². The number of carbonyl (C=O) groups is 2. The van der Waals surface area contributed by atoms with Gasteiger partial charge in [-0.25, -0.2) is 9.59 Å². The highest BCUT2D eigenvalue weighted by Gasteiger charge is 1.98. The minimum Gasteiger partial charge on any atom is -0.508 e. The third kappa shape index (κ3) is 8.67. The van der Waals surface area contributed by atoms with E-state index in [2.05, 4.69) is 13.8 Å². The SMILES string of the molecule is CC(C)c1ccc(O)cc1.O=C(O)c1ccccc1.O=C(O)c1ccccc1. The Morgan fingerprint density at radius 1 is 0.643 bits per heavy atom. The van der Waals surface area contributed by atoms with Crippen molar-refractivity contribution >= 4 is 11.9 Å². The van der Waals surface area contributed by atoms with E-state index in [0.29, 0.717) is 22.8 Å². The van der Waals surface area contributed by atoms with Gasteiger partial charge in [-0.05, 0) is 47.9 Å². The van der Waals surface area contributed by atoms with Crippen molar-refractivity contribution in [1.82, 2.24) is 0 Å². The lowest BCUT2D eigenvalue weighted by Crippen LogP contribution is -1.93. The van der Waals surface area contributed by atoms with Crippen LogP contribution in [0.4, 0.5) is 0 Å². The minimum absolute atomic E-state index is 0.331. The van der Waals surface area contributed by atoms with Crippen molar-refractivity contribution in [2.24, 2.45) is 0 Å². The predicted molar refractivity (Wildman–Crippen MR) is 109 cm³/mol. The molecule has 0 amide bonds. The van der Waals surface area contributed by atoms with Gasteiger partial charge in [0.2, 0.25) is 0 Å². The summed E-state index contributed by atoms with van der Waals surface area (Å²) in [6, 6.07) is 23.9. The maximum atomic E-state index is 10.2. The van der Waals surface area contributed by atoms with Crippen LogP contribution in [-0.2, 0) is 0 Å². The van der Waals surface area contributed by atoms with E-state index in [1.54, 1.807) is 72.8 Å². The van der Waals surface area contributed by atoms with Gasteiger partial charge in [0, 0.05) is 0 Å². The average Bonchev–Trinajstić information content (AvgIpc) is 2.70. The molecule has 5 nitrogen and oxygen atoms in total. The molecule has 0 fully saturated rings. The van der Waals surface area contributed by atoms with E-state index in [1.165, 1.54) is 5.56 Å². The molecule has 0 spiro atoms. The fraction of sp³-hybridized carbons (Fsp3) is 0.130. The second kappa shape index (κ2) is 11.9. The van der Waals surface area contributed by atoms with Gasteiger partial charge in [-0.3, -0.25) is 0 Å². The average molecular weight is 380 g/mol. The second-order valence-corrected chi connectivity index (χ2v) is 6.09. The summed E-state index contributed by atoms with van der Waals surface area (Å²) in [6.07, 6.45) is 0. The van der Waals surface area contributed by atoms with Crippen molar-refractivity contribution in [3.63, 3.8) is 0 Å². The van der Waals surface area contributed by atoms with Crippen molar-refractivity contribution in [3.8, 4) is 5.75 Å². The number of hydrogen-bond acceptors (Lipinski definition) is 3. The molecule has 0 bridgehead atoms. The van der Waals surface area contributed by atoms with E-state index >= 15 is 0 Å². The molecule has 0 unspecified atom stereocenters. The molecule has 0 atom stereocenters. The van der Waals surface area contributed by atoms with Crippen LogP contribution in [0.2, 0.25) is 0 Å². The van der Waals surface area contributed by atoms with Gasteiger partial charge in [-0.15, -0.1) is 0 Å². The normalized spacial score (nSPS) is 9.39. The lowest BCUT2D eigenvalue weighted by Gasteiger charge is -2.03. The van der Waals surface area contributed by atoms with Gasteiger partial charge in [0.05, 0.1) is 11.1 Å². The summed E-state index contributed by atoms with van der Waals surface area (Å²) >= 11 is 0. The summed E-state index contributed by atoms with van der Waals surface area (Å²) in [5.41, 5.74) is 1.92. The summed E-state index contributed by atoms with van der Waals surface area (Å²) < 4.78 is 0. The molecule has 3 rings (SSSR count). The lowest BCUT2D eigenvalue weighted by molar-refractivity contribution is 0.0686. The zero-order chi connectivity index (χ0) is 20.9. The quantitative estimate of drug-likeness (QED) is 0.574. The molecule has 5 heteroatoms. The first-order valence-electron chi connectivity index (χ1n) is 8.67. The molecule has 3 aromatic rings. The Morgan fingerprint density at radius 3 is 1.25 bits per heavy atom. The van der Waals surface area contributed by atoms with Crippen LogP contribution in [0.15, 0.2) is 84.9 Å². The van der Waals surface area contributed by atoms with Crippen LogP contribution >= 0.6 is 0 Å². The fourth-order valence-electron chi connectivity index (χ4n) is 2.02. The molecule has 0 aliphatic rings. The topological polar surface area (TPSA) is 94.8 Å². The third-order valence-electron chi connectivity index (χ3n) is 3.60. The molecule has 0 aromatic heterocycles. The number of hydrogen-bond donors (Lipinski definition) is 3. The standard InChI is InChI=1S/C9H12O.2C7H6O2/c1-7(2)8-3-5-9(10)6-4-8;2*8-7(9)6-4-2-1-3-5-6/h3-7,10H,1-2H3;2*1-5H,(H,8,9). The number of phenolic OH excluding ortho intramolecular Hbond substituents is 1. The molecular formula is C23H24O5. The number of carboxylic acid groups (broad SMARTS) is 2. The van der Waals surface area contributed by atoms with E-state index in [9.17, 15) is 9.59 Å². The van der Waals surface area contributed by atoms with Crippen LogP contribution in [0, 0.1) is 0 Å². The van der Waals surface area contributed by atoms with Gasteiger partial charge in [0.1, 0.15) is 5.75 Å². The fourth-order valence-corrected chi connectivity index (χ4v) is 2.02. The zero-order valence-corrected chi connectivity index (χ0v) is 15.8. The maximum Gasteiger partial charge on any atom is 0.335 e. The van der Waals surface area contributed by atoms with Gasteiger partial charge in [-0.1, -0.05) is 62.4 Å². The number of aromatic carboxylic acids is 2. The molecule has 3 N–H and O–H groups in total. The molecule has 3 aromatic carbocycles. The van der Waals surface area contributed by atoms with E-state index in [1.807, 2.05) is 12.1 Å². The second-order valence-electron chi connectivity index (χ2n) is 6.09. The Balaban J connectivity index is 0.000000210. The van der Waals surface area contributed by atoms with Crippen molar-refractivity contribution < 1.29 is 24.9 Å². The Kier molecular flexibility index (Phi) is 9.54. The Labute approximate surface area is 164 Å².